The molecular formula is C22H23F4NO4S. The van der Waals surface area contributed by atoms with Crippen molar-refractivity contribution < 1.29 is 35.5 Å². The highest BCUT2D eigenvalue weighted by Crippen LogP contribution is 2.36. The minimum Gasteiger partial charge on any atom is -0.441 e. The van der Waals surface area contributed by atoms with E-state index in [0.717, 1.165) is 19.8 Å². The molecular weight excluding hydrogens is 450 g/mol. The maximum absolute atomic E-state index is 14.1. The van der Waals surface area contributed by atoms with Crippen LogP contribution in [-0.2, 0) is 26.1 Å². The predicted octanol–water partition coefficient (Wildman–Crippen LogP) is 5.48. The van der Waals surface area contributed by atoms with Crippen LogP contribution in [0, 0.1) is 30.2 Å². The number of halogens is 4. The predicted molar refractivity (Wildman–Crippen MR) is 111 cm³/mol. The van der Waals surface area contributed by atoms with E-state index in [-0.39, 0.29) is 5.56 Å². The molecule has 32 heavy (non-hydrogen) atoms. The van der Waals surface area contributed by atoms with Crippen LogP contribution in [0.4, 0.5) is 28.0 Å². The first-order valence-electron chi connectivity index (χ1n) is 10.1. The average Bonchev–Trinajstić information content (AvgIpc) is 2.74. The van der Waals surface area contributed by atoms with E-state index in [0.29, 0.717) is 17.8 Å². The summed E-state index contributed by atoms with van der Waals surface area (Å²) < 4.78 is 86.4. The number of amides is 1. The van der Waals surface area contributed by atoms with Crippen molar-refractivity contribution in [1.82, 2.24) is 0 Å². The molecule has 2 aromatic rings. The van der Waals surface area contributed by atoms with Crippen LogP contribution in [-0.4, -0.2) is 21.1 Å². The lowest BCUT2D eigenvalue weighted by molar-refractivity contribution is 0.107. The third-order valence-electron chi connectivity index (χ3n) is 5.38. The zero-order valence-electron chi connectivity index (χ0n) is 17.8. The molecule has 1 atom stereocenters. The quantitative estimate of drug-likeness (QED) is 0.394. The first-order valence-corrected chi connectivity index (χ1v) is 11.9. The number of fused-ring (bicyclic) bond motifs is 1. The summed E-state index contributed by atoms with van der Waals surface area (Å²) in [6.45, 7) is 4.93. The Bertz CT molecular complexity index is 1140. The molecule has 5 nitrogen and oxygen atoms in total. The number of carbonyl (C=O) groups excluding carboxylic acids is 1. The second-order valence-corrected chi connectivity index (χ2v) is 9.88. The number of unbranched alkanes of at least 4 members (excludes halogenated alkanes) is 1. The van der Waals surface area contributed by atoms with Gasteiger partial charge in [0.1, 0.15) is 6.10 Å². The van der Waals surface area contributed by atoms with Gasteiger partial charge in [0.25, 0.3) is 0 Å². The van der Waals surface area contributed by atoms with Crippen LogP contribution >= 0.6 is 0 Å². The summed E-state index contributed by atoms with van der Waals surface area (Å²) >= 11 is 0. The number of rotatable bonds is 7. The van der Waals surface area contributed by atoms with Gasteiger partial charge in [-0.1, -0.05) is 19.4 Å². The maximum atomic E-state index is 14.1. The van der Waals surface area contributed by atoms with E-state index < -0.39 is 67.9 Å². The molecule has 10 heteroatoms. The highest BCUT2D eigenvalue weighted by atomic mass is 32.2. The van der Waals surface area contributed by atoms with Gasteiger partial charge in [-0.15, -0.1) is 0 Å². The topological polar surface area (TPSA) is 63.7 Å². The number of sulfone groups is 1. The smallest absolute Gasteiger partial charge is 0.414 e. The van der Waals surface area contributed by atoms with Gasteiger partial charge < -0.3 is 4.74 Å². The second kappa shape index (κ2) is 9.09. The van der Waals surface area contributed by atoms with E-state index in [4.69, 9.17) is 4.74 Å². The van der Waals surface area contributed by atoms with Crippen LogP contribution < -0.4 is 4.90 Å². The number of hydrogen-bond donors (Lipinski definition) is 0. The lowest BCUT2D eigenvalue weighted by atomic mass is 10.0. The van der Waals surface area contributed by atoms with E-state index in [9.17, 15) is 30.8 Å². The molecule has 1 aliphatic heterocycles. The lowest BCUT2D eigenvalue weighted by Gasteiger charge is -2.33. The largest absolute Gasteiger partial charge is 0.441 e. The van der Waals surface area contributed by atoms with E-state index in [2.05, 4.69) is 0 Å². The molecule has 3 rings (SSSR count). The number of carbonyl (C=O) groups is 1. The lowest BCUT2D eigenvalue weighted by Crippen LogP contribution is -2.37. The summed E-state index contributed by atoms with van der Waals surface area (Å²) in [7, 11) is -4.20. The molecule has 1 unspecified atom stereocenters. The van der Waals surface area contributed by atoms with Crippen LogP contribution in [0.5, 0.6) is 0 Å². The fourth-order valence-corrected chi connectivity index (χ4v) is 5.09. The third kappa shape index (κ3) is 4.60. The van der Waals surface area contributed by atoms with Crippen molar-refractivity contribution in [2.45, 2.75) is 51.2 Å². The van der Waals surface area contributed by atoms with Gasteiger partial charge in [-0.2, -0.15) is 0 Å². The van der Waals surface area contributed by atoms with E-state index >= 15 is 0 Å². The summed E-state index contributed by atoms with van der Waals surface area (Å²) in [5, 5.41) is 0. The minimum atomic E-state index is -4.20. The molecule has 0 bridgehead atoms. The highest BCUT2D eigenvalue weighted by Gasteiger charge is 2.31. The van der Waals surface area contributed by atoms with Crippen molar-refractivity contribution in [3.63, 3.8) is 0 Å². The Kier molecular flexibility index (Phi) is 6.83. The van der Waals surface area contributed by atoms with Gasteiger partial charge in [0.2, 0.25) is 0 Å². The van der Waals surface area contributed by atoms with Crippen molar-refractivity contribution in [2.75, 3.05) is 11.4 Å². The Labute approximate surface area is 183 Å². The fourth-order valence-electron chi connectivity index (χ4n) is 3.61. The van der Waals surface area contributed by atoms with Crippen LogP contribution in [0.15, 0.2) is 18.2 Å². The molecule has 1 heterocycles. The number of nitrogens with zero attached hydrogens (tertiary/aromatic N) is 1. The standard InChI is InChI=1S/C22H23F4NO4S/c1-4-5-8-27-17-7-6-14(9-15(17)13(3)31-22(27)28)10-32(29,30)11-16-20(25)18(23)12(2)19(24)21(16)26/h6-7,9,13H,4-5,8,10-11H2,1-3H3. The molecule has 0 fully saturated rings. The molecule has 2 aromatic carbocycles. The SMILES string of the molecule is CCCCN1C(=O)OC(C)c2cc(CS(=O)(=O)Cc3c(F)c(F)c(C)c(F)c3F)ccc21. The minimum absolute atomic E-state index is 0.290. The molecule has 0 spiro atoms. The first-order chi connectivity index (χ1) is 15.0. The molecule has 0 saturated heterocycles. The van der Waals surface area contributed by atoms with E-state index in [1.807, 2.05) is 6.92 Å². The Morgan fingerprint density at radius 2 is 1.66 bits per heavy atom. The summed E-state index contributed by atoms with van der Waals surface area (Å²) in [5.74, 6) is -8.50. The highest BCUT2D eigenvalue weighted by molar-refractivity contribution is 7.89. The number of ether oxygens (including phenoxy) is 1. The Morgan fingerprint density at radius 1 is 1.03 bits per heavy atom. The average molecular weight is 473 g/mol. The van der Waals surface area contributed by atoms with Gasteiger partial charge in [0, 0.05) is 23.2 Å². The molecule has 174 valence electrons. The van der Waals surface area contributed by atoms with Crippen LogP contribution in [0.2, 0.25) is 0 Å². The van der Waals surface area contributed by atoms with Crippen molar-refractivity contribution in [1.29, 1.82) is 0 Å². The van der Waals surface area contributed by atoms with Crippen molar-refractivity contribution in [3.05, 3.63) is 63.7 Å². The molecule has 0 saturated carbocycles. The first kappa shape index (κ1) is 24.0. The molecule has 0 aliphatic carbocycles. The zero-order valence-corrected chi connectivity index (χ0v) is 18.7. The van der Waals surface area contributed by atoms with Crippen molar-refractivity contribution in [2.24, 2.45) is 0 Å². The monoisotopic (exact) mass is 473 g/mol. The Balaban J connectivity index is 1.90. The Morgan fingerprint density at radius 3 is 2.25 bits per heavy atom. The van der Waals surface area contributed by atoms with Crippen LogP contribution in [0.3, 0.4) is 0 Å². The summed E-state index contributed by atoms with van der Waals surface area (Å²) in [6.07, 6.45) is 0.499. The maximum Gasteiger partial charge on any atom is 0.414 e. The van der Waals surface area contributed by atoms with Gasteiger partial charge in [0.05, 0.1) is 17.2 Å². The van der Waals surface area contributed by atoms with Crippen LogP contribution in [0.25, 0.3) is 0 Å². The zero-order chi connectivity index (χ0) is 23.8. The van der Waals surface area contributed by atoms with Gasteiger partial charge in [-0.05, 0) is 38.0 Å². The molecule has 1 aliphatic rings. The number of cyclic esters (lactones) is 1. The number of hydrogen-bond acceptors (Lipinski definition) is 4. The van der Waals surface area contributed by atoms with Gasteiger partial charge in [-0.25, -0.2) is 30.8 Å². The Hall–Kier alpha value is -2.62. The molecule has 0 N–H and O–H groups in total. The normalized spacial score (nSPS) is 16.2. The van der Waals surface area contributed by atoms with Gasteiger partial charge in [-0.3, -0.25) is 4.90 Å². The fraction of sp³-hybridized carbons (Fsp3) is 0.409. The van der Waals surface area contributed by atoms with Gasteiger partial charge >= 0.3 is 6.09 Å². The summed E-state index contributed by atoms with van der Waals surface area (Å²) in [4.78, 5) is 13.7. The second-order valence-electron chi connectivity index (χ2n) is 7.82. The van der Waals surface area contributed by atoms with E-state index in [1.165, 1.54) is 11.0 Å². The summed E-state index contributed by atoms with van der Waals surface area (Å²) in [6, 6.07) is 4.63. The molecule has 0 radical (unpaired) electrons. The van der Waals surface area contributed by atoms with E-state index in [1.54, 1.807) is 19.1 Å². The third-order valence-corrected chi connectivity index (χ3v) is 6.88. The molecule has 1 amide bonds. The number of anilines is 1. The summed E-state index contributed by atoms with van der Waals surface area (Å²) in [5.41, 5.74) is -0.539. The van der Waals surface area contributed by atoms with Crippen molar-refractivity contribution in [3.8, 4) is 0 Å². The molecule has 0 aromatic heterocycles. The van der Waals surface area contributed by atoms with Gasteiger partial charge in [0.15, 0.2) is 33.1 Å². The van der Waals surface area contributed by atoms with Crippen LogP contribution in [0.1, 0.15) is 55.0 Å². The van der Waals surface area contributed by atoms with Crippen molar-refractivity contribution >= 4 is 21.6 Å². The number of benzene rings is 2.